The number of nitrogens with zero attached hydrogens (tertiary/aromatic N) is 4. The zero-order valence-corrected chi connectivity index (χ0v) is 11.6. The lowest BCUT2D eigenvalue weighted by Gasteiger charge is -2.20. The molecule has 4 heteroatoms. The molecule has 0 saturated heterocycles. The number of fused-ring (bicyclic) bond motifs is 1. The van der Waals surface area contributed by atoms with E-state index >= 15 is 0 Å². The van der Waals surface area contributed by atoms with Crippen LogP contribution in [0.5, 0.6) is 0 Å². The lowest BCUT2D eigenvalue weighted by atomic mass is 9.83. The molecule has 104 valence electrons. The summed E-state index contributed by atoms with van der Waals surface area (Å²) in [5.74, 6) is 0.629. The standard InChI is InChI=1S/C17H16N4/c18-20-10-15-9-14-8-13(12-4-2-1-3-5-12)6-7-16(14)17(15)11-21-19/h1-8,10-11,13,15-17H,9H2/t13-,15-,16-,17+/m0/s1. The quantitative estimate of drug-likeness (QED) is 0.352. The second kappa shape index (κ2) is 5.84. The van der Waals surface area contributed by atoms with Gasteiger partial charge in [-0.05, 0) is 12.0 Å². The highest BCUT2D eigenvalue weighted by Gasteiger charge is 2.42. The Labute approximate surface area is 123 Å². The van der Waals surface area contributed by atoms with Gasteiger partial charge in [0.25, 0.3) is 12.4 Å². The lowest BCUT2D eigenvalue weighted by molar-refractivity contribution is -0.0122. The summed E-state index contributed by atoms with van der Waals surface area (Å²) in [4.78, 5) is 6.35. The lowest BCUT2D eigenvalue weighted by Crippen LogP contribution is -2.18. The van der Waals surface area contributed by atoms with Gasteiger partial charge in [0.05, 0.1) is 11.8 Å². The highest BCUT2D eigenvalue weighted by atomic mass is 14.9. The third kappa shape index (κ3) is 2.55. The molecule has 0 heterocycles. The minimum atomic E-state index is 0.0464. The maximum absolute atomic E-state index is 8.85. The van der Waals surface area contributed by atoms with E-state index in [9.17, 15) is 0 Å². The fourth-order valence-corrected chi connectivity index (χ4v) is 3.42. The first-order valence-electron chi connectivity index (χ1n) is 7.12. The molecule has 4 nitrogen and oxygen atoms in total. The smallest absolute Gasteiger partial charge is 0.262 e. The van der Waals surface area contributed by atoms with Gasteiger partial charge >= 0.3 is 0 Å². The van der Waals surface area contributed by atoms with Crippen molar-refractivity contribution >= 4 is 12.4 Å². The molecule has 0 aromatic heterocycles. The van der Waals surface area contributed by atoms with Crippen LogP contribution in [0.2, 0.25) is 0 Å². The van der Waals surface area contributed by atoms with Gasteiger partial charge in [0.2, 0.25) is 0 Å². The Hall–Kier alpha value is -2.54. The summed E-state index contributed by atoms with van der Waals surface area (Å²) in [6.07, 6.45) is 10.6. The normalized spacial score (nSPS) is 29.8. The molecule has 1 aromatic carbocycles. The summed E-state index contributed by atoms with van der Waals surface area (Å²) in [5.41, 5.74) is 20.2. The Morgan fingerprint density at radius 2 is 1.76 bits per heavy atom. The van der Waals surface area contributed by atoms with Crippen LogP contribution in [-0.4, -0.2) is 22.0 Å². The number of benzene rings is 1. The van der Waals surface area contributed by atoms with E-state index in [4.69, 9.17) is 11.1 Å². The first-order chi connectivity index (χ1) is 10.3. The molecule has 0 aliphatic heterocycles. The number of hydrogen-bond donors (Lipinski definition) is 0. The van der Waals surface area contributed by atoms with E-state index in [-0.39, 0.29) is 23.7 Å². The van der Waals surface area contributed by atoms with Crippen LogP contribution in [0, 0.1) is 17.8 Å². The van der Waals surface area contributed by atoms with E-state index < -0.39 is 0 Å². The highest BCUT2D eigenvalue weighted by molar-refractivity contribution is 5.70. The molecule has 0 amide bonds. The topological polar surface area (TPSA) is 72.8 Å². The van der Waals surface area contributed by atoms with Crippen molar-refractivity contribution in [1.29, 1.82) is 0 Å². The number of rotatable bonds is 3. The second-order valence-electron chi connectivity index (χ2n) is 5.56. The largest absolute Gasteiger partial charge is 0.362 e. The van der Waals surface area contributed by atoms with Crippen molar-refractivity contribution in [3.63, 3.8) is 0 Å². The van der Waals surface area contributed by atoms with Gasteiger partial charge in [-0.15, -0.1) is 0 Å². The average molecular weight is 276 g/mol. The van der Waals surface area contributed by atoms with Crippen LogP contribution in [0.4, 0.5) is 0 Å². The van der Waals surface area contributed by atoms with Crippen LogP contribution in [0.25, 0.3) is 11.1 Å². The van der Waals surface area contributed by atoms with E-state index in [1.54, 1.807) is 6.21 Å². The van der Waals surface area contributed by atoms with Crippen molar-refractivity contribution in [2.75, 3.05) is 0 Å². The fraction of sp³-hybridized carbons (Fsp3) is 0.294. The van der Waals surface area contributed by atoms with E-state index in [1.165, 1.54) is 17.4 Å². The third-order valence-electron chi connectivity index (χ3n) is 4.41. The van der Waals surface area contributed by atoms with E-state index in [0.717, 1.165) is 6.42 Å². The summed E-state index contributed by atoms with van der Waals surface area (Å²) in [7, 11) is 0. The van der Waals surface area contributed by atoms with Gasteiger partial charge in [0.1, 0.15) is 0 Å². The van der Waals surface area contributed by atoms with E-state index in [0.29, 0.717) is 0 Å². The van der Waals surface area contributed by atoms with Crippen molar-refractivity contribution in [2.45, 2.75) is 12.3 Å². The van der Waals surface area contributed by atoms with Crippen LogP contribution in [0.1, 0.15) is 17.9 Å². The van der Waals surface area contributed by atoms with Gasteiger partial charge in [0, 0.05) is 11.8 Å². The minimum absolute atomic E-state index is 0.0464. The summed E-state index contributed by atoms with van der Waals surface area (Å²) >= 11 is 0. The molecule has 1 fully saturated rings. The third-order valence-corrected chi connectivity index (χ3v) is 4.41. The molecule has 21 heavy (non-hydrogen) atoms. The maximum atomic E-state index is 8.85. The van der Waals surface area contributed by atoms with Crippen molar-refractivity contribution in [3.8, 4) is 0 Å². The van der Waals surface area contributed by atoms with Crippen molar-refractivity contribution in [3.05, 3.63) is 70.8 Å². The summed E-state index contributed by atoms with van der Waals surface area (Å²) in [6.45, 7) is 0. The number of allylic oxidation sites excluding steroid dienone is 4. The average Bonchev–Trinajstić information content (AvgIpc) is 2.86. The highest BCUT2D eigenvalue weighted by Crippen LogP contribution is 2.44. The molecule has 2 aliphatic carbocycles. The molecule has 3 rings (SSSR count). The van der Waals surface area contributed by atoms with Crippen LogP contribution in [0.15, 0.2) is 54.1 Å². The van der Waals surface area contributed by atoms with Gasteiger partial charge in [0.15, 0.2) is 0 Å². The molecule has 0 bridgehead atoms. The molecule has 2 aliphatic rings. The molecule has 0 spiro atoms. The van der Waals surface area contributed by atoms with Gasteiger partial charge in [-0.25, -0.2) is 0 Å². The summed E-state index contributed by atoms with van der Waals surface area (Å²) < 4.78 is 0. The minimum Gasteiger partial charge on any atom is -0.362 e. The molecular formula is C17H16N4. The SMILES string of the molecule is [N-]=[N+]=C[C@@H]1[C@H](C=[N+]=[N-])CC2=C[C@@H](c3ccccc3)C=C[C@@H]21. The fourth-order valence-electron chi connectivity index (χ4n) is 3.42. The van der Waals surface area contributed by atoms with Gasteiger partial charge in [-0.1, -0.05) is 54.1 Å². The first-order valence-corrected chi connectivity index (χ1v) is 7.12. The van der Waals surface area contributed by atoms with Crippen LogP contribution in [-0.2, 0) is 0 Å². The summed E-state index contributed by atoms with van der Waals surface area (Å²) in [6, 6.07) is 10.4. The Morgan fingerprint density at radius 1 is 1.00 bits per heavy atom. The Bertz CT molecular complexity index is 676. The second-order valence-corrected chi connectivity index (χ2v) is 5.56. The first kappa shape index (κ1) is 13.4. The zero-order valence-electron chi connectivity index (χ0n) is 11.6. The Kier molecular flexibility index (Phi) is 3.74. The Balaban J connectivity index is 1.92. The molecule has 0 unspecified atom stereocenters. The van der Waals surface area contributed by atoms with Crippen molar-refractivity contribution in [1.82, 2.24) is 0 Å². The van der Waals surface area contributed by atoms with Crippen LogP contribution in [0.3, 0.4) is 0 Å². The molecule has 1 saturated carbocycles. The predicted molar refractivity (Wildman–Crippen MR) is 80.9 cm³/mol. The van der Waals surface area contributed by atoms with E-state index in [1.807, 2.05) is 18.2 Å². The number of hydrogen-bond acceptors (Lipinski definition) is 0. The van der Waals surface area contributed by atoms with Crippen LogP contribution < -0.4 is 0 Å². The van der Waals surface area contributed by atoms with Gasteiger partial charge in [-0.3, -0.25) is 0 Å². The predicted octanol–water partition coefficient (Wildman–Crippen LogP) is 3.12. The molecular weight excluding hydrogens is 260 g/mol. The molecule has 1 aromatic rings. The van der Waals surface area contributed by atoms with Crippen molar-refractivity contribution in [2.24, 2.45) is 17.8 Å². The Morgan fingerprint density at radius 3 is 2.48 bits per heavy atom. The zero-order chi connectivity index (χ0) is 14.7. The van der Waals surface area contributed by atoms with Crippen LogP contribution >= 0.6 is 0 Å². The molecule has 4 atom stereocenters. The molecule has 0 N–H and O–H groups in total. The van der Waals surface area contributed by atoms with Gasteiger partial charge in [-0.2, -0.15) is 9.58 Å². The van der Waals surface area contributed by atoms with Crippen molar-refractivity contribution < 1.29 is 9.58 Å². The maximum Gasteiger partial charge on any atom is 0.262 e. The summed E-state index contributed by atoms with van der Waals surface area (Å²) in [5, 5.41) is 0. The van der Waals surface area contributed by atoms with E-state index in [2.05, 4.69) is 39.9 Å². The molecule has 0 radical (unpaired) electrons. The van der Waals surface area contributed by atoms with Gasteiger partial charge < -0.3 is 11.1 Å². The monoisotopic (exact) mass is 276 g/mol.